The maximum Gasteiger partial charge on any atom is 0.251 e. The second kappa shape index (κ2) is 7.03. The van der Waals surface area contributed by atoms with Gasteiger partial charge in [0, 0.05) is 36.7 Å². The van der Waals surface area contributed by atoms with Gasteiger partial charge in [0.2, 0.25) is 0 Å². The molecule has 0 fully saturated rings. The van der Waals surface area contributed by atoms with Crippen LogP contribution in [0.25, 0.3) is 0 Å². The van der Waals surface area contributed by atoms with Gasteiger partial charge in [0.15, 0.2) is 0 Å². The second-order valence-electron chi connectivity index (χ2n) is 4.89. The first-order valence-electron chi connectivity index (χ1n) is 6.11. The number of hydrogen-bond acceptors (Lipinski definition) is 3. The predicted molar refractivity (Wildman–Crippen MR) is 78.3 cm³/mol. The highest BCUT2D eigenvalue weighted by molar-refractivity contribution is 9.10. The molecule has 1 rings (SSSR count). The zero-order chi connectivity index (χ0) is 14.5. The lowest BCUT2D eigenvalue weighted by atomic mass is 10.0. The number of aliphatic hydroxyl groups is 1. The zero-order valence-electron chi connectivity index (χ0n) is 11.5. The van der Waals surface area contributed by atoms with Crippen molar-refractivity contribution in [2.45, 2.75) is 25.9 Å². The molecule has 0 aromatic heterocycles. The van der Waals surface area contributed by atoms with Gasteiger partial charge < -0.3 is 15.2 Å². The fourth-order valence-electron chi connectivity index (χ4n) is 1.52. The number of rotatable bonds is 6. The zero-order valence-corrected chi connectivity index (χ0v) is 13.1. The topological polar surface area (TPSA) is 58.6 Å². The molecule has 19 heavy (non-hydrogen) atoms. The largest absolute Gasteiger partial charge is 0.388 e. The molecule has 0 radical (unpaired) electrons. The first-order chi connectivity index (χ1) is 8.85. The molecule has 1 aromatic rings. The number of aryl methyl sites for hydroxylation is 1. The Balaban J connectivity index is 2.57. The van der Waals surface area contributed by atoms with Gasteiger partial charge in [0.25, 0.3) is 5.91 Å². The summed E-state index contributed by atoms with van der Waals surface area (Å²) in [6, 6.07) is 5.41. The minimum atomic E-state index is -0.965. The van der Waals surface area contributed by atoms with E-state index in [1.165, 1.54) is 0 Å². The van der Waals surface area contributed by atoms with E-state index in [1.807, 2.05) is 13.0 Å². The summed E-state index contributed by atoms with van der Waals surface area (Å²) in [6.45, 7) is 4.29. The number of amides is 1. The smallest absolute Gasteiger partial charge is 0.251 e. The van der Waals surface area contributed by atoms with E-state index in [-0.39, 0.29) is 12.5 Å². The molecule has 0 bridgehead atoms. The summed E-state index contributed by atoms with van der Waals surface area (Å²) in [6.07, 6.45) is 0.474. The lowest BCUT2D eigenvalue weighted by Gasteiger charge is -2.23. The molecule has 0 heterocycles. The van der Waals surface area contributed by atoms with Crippen LogP contribution in [0.5, 0.6) is 0 Å². The highest BCUT2D eigenvalue weighted by atomic mass is 79.9. The van der Waals surface area contributed by atoms with E-state index in [0.717, 1.165) is 10.0 Å². The SMILES string of the molecule is COCCC(C)(O)CNC(=O)c1ccc(C)c(Br)c1. The van der Waals surface area contributed by atoms with Crippen LogP contribution < -0.4 is 5.32 Å². The molecule has 1 aromatic carbocycles. The summed E-state index contributed by atoms with van der Waals surface area (Å²) in [7, 11) is 1.58. The highest BCUT2D eigenvalue weighted by Crippen LogP contribution is 2.17. The van der Waals surface area contributed by atoms with Gasteiger partial charge >= 0.3 is 0 Å². The van der Waals surface area contributed by atoms with E-state index >= 15 is 0 Å². The maximum atomic E-state index is 12.0. The standard InChI is InChI=1S/C14H20BrNO3/c1-10-4-5-11(8-12(10)15)13(17)16-9-14(2,18)6-7-19-3/h4-5,8,18H,6-7,9H2,1-3H3,(H,16,17). The summed E-state index contributed by atoms with van der Waals surface area (Å²) >= 11 is 3.39. The summed E-state index contributed by atoms with van der Waals surface area (Å²) in [5, 5.41) is 12.8. The third-order valence-electron chi connectivity index (χ3n) is 2.91. The van der Waals surface area contributed by atoms with Crippen molar-refractivity contribution in [2.75, 3.05) is 20.3 Å². The molecule has 0 aliphatic carbocycles. The van der Waals surface area contributed by atoms with E-state index in [9.17, 15) is 9.90 Å². The average molecular weight is 330 g/mol. The van der Waals surface area contributed by atoms with Gasteiger partial charge in [-0.05, 0) is 31.5 Å². The molecule has 106 valence electrons. The molecule has 0 saturated carbocycles. The van der Waals surface area contributed by atoms with Crippen LogP contribution in [0.1, 0.15) is 29.3 Å². The number of carbonyl (C=O) groups excluding carboxylic acids is 1. The first kappa shape index (κ1) is 16.1. The summed E-state index contributed by atoms with van der Waals surface area (Å²) in [4.78, 5) is 12.0. The minimum Gasteiger partial charge on any atom is -0.388 e. The van der Waals surface area contributed by atoms with Gasteiger partial charge in [-0.25, -0.2) is 0 Å². The number of ether oxygens (including phenoxy) is 1. The molecule has 1 unspecified atom stereocenters. The van der Waals surface area contributed by atoms with Gasteiger partial charge in [0.1, 0.15) is 0 Å². The van der Waals surface area contributed by atoms with E-state index in [1.54, 1.807) is 26.2 Å². The van der Waals surface area contributed by atoms with Crippen LogP contribution in [0.15, 0.2) is 22.7 Å². The van der Waals surface area contributed by atoms with Crippen LogP contribution in [-0.2, 0) is 4.74 Å². The Bertz CT molecular complexity index is 446. The van der Waals surface area contributed by atoms with Crippen molar-refractivity contribution in [3.8, 4) is 0 Å². The van der Waals surface area contributed by atoms with E-state index < -0.39 is 5.60 Å². The lowest BCUT2D eigenvalue weighted by molar-refractivity contribution is 0.0243. The number of benzene rings is 1. The van der Waals surface area contributed by atoms with Crippen molar-refractivity contribution in [1.82, 2.24) is 5.32 Å². The maximum absolute atomic E-state index is 12.0. The Kier molecular flexibility index (Phi) is 5.97. The highest BCUT2D eigenvalue weighted by Gasteiger charge is 2.21. The Labute approximate surface area is 122 Å². The Morgan fingerprint density at radius 3 is 2.79 bits per heavy atom. The van der Waals surface area contributed by atoms with Crippen LogP contribution in [0, 0.1) is 6.92 Å². The van der Waals surface area contributed by atoms with Gasteiger partial charge in [-0.2, -0.15) is 0 Å². The van der Waals surface area contributed by atoms with Crippen molar-refractivity contribution >= 4 is 21.8 Å². The van der Waals surface area contributed by atoms with Crippen molar-refractivity contribution < 1.29 is 14.6 Å². The second-order valence-corrected chi connectivity index (χ2v) is 5.74. The molecule has 0 aliphatic heterocycles. The molecule has 1 amide bonds. The molecular formula is C14H20BrNO3. The number of carbonyl (C=O) groups is 1. The predicted octanol–water partition coefficient (Wildman–Crippen LogP) is 2.27. The lowest BCUT2D eigenvalue weighted by Crippen LogP contribution is -2.41. The molecule has 0 saturated heterocycles. The van der Waals surface area contributed by atoms with E-state index in [0.29, 0.717) is 18.6 Å². The Morgan fingerprint density at radius 2 is 2.21 bits per heavy atom. The van der Waals surface area contributed by atoms with Crippen molar-refractivity contribution in [2.24, 2.45) is 0 Å². The fraction of sp³-hybridized carbons (Fsp3) is 0.500. The minimum absolute atomic E-state index is 0.195. The van der Waals surface area contributed by atoms with Crippen LogP contribution in [0.3, 0.4) is 0 Å². The number of halogens is 1. The van der Waals surface area contributed by atoms with Crippen LogP contribution in [-0.4, -0.2) is 36.9 Å². The van der Waals surface area contributed by atoms with Crippen molar-refractivity contribution in [1.29, 1.82) is 0 Å². The number of hydrogen-bond donors (Lipinski definition) is 2. The summed E-state index contributed by atoms with van der Waals surface area (Å²) in [5.74, 6) is -0.196. The van der Waals surface area contributed by atoms with Crippen LogP contribution in [0.2, 0.25) is 0 Å². The summed E-state index contributed by atoms with van der Waals surface area (Å²) < 4.78 is 5.81. The Morgan fingerprint density at radius 1 is 1.53 bits per heavy atom. The average Bonchev–Trinajstić information content (AvgIpc) is 2.37. The van der Waals surface area contributed by atoms with Crippen molar-refractivity contribution in [3.05, 3.63) is 33.8 Å². The quantitative estimate of drug-likeness (QED) is 0.841. The van der Waals surface area contributed by atoms with Gasteiger partial charge in [-0.3, -0.25) is 4.79 Å². The molecular weight excluding hydrogens is 310 g/mol. The van der Waals surface area contributed by atoms with Gasteiger partial charge in [-0.1, -0.05) is 22.0 Å². The molecule has 2 N–H and O–H groups in total. The first-order valence-corrected chi connectivity index (χ1v) is 6.91. The fourth-order valence-corrected chi connectivity index (χ4v) is 1.90. The molecule has 0 spiro atoms. The third kappa shape index (κ3) is 5.30. The molecule has 4 nitrogen and oxygen atoms in total. The summed E-state index contributed by atoms with van der Waals surface area (Å²) in [5.41, 5.74) is 0.678. The monoisotopic (exact) mass is 329 g/mol. The molecule has 1 atom stereocenters. The Hall–Kier alpha value is -0.910. The number of nitrogens with one attached hydrogen (secondary N) is 1. The molecule has 5 heteroatoms. The van der Waals surface area contributed by atoms with E-state index in [2.05, 4.69) is 21.2 Å². The normalized spacial score (nSPS) is 13.9. The van der Waals surface area contributed by atoms with Crippen LogP contribution in [0.4, 0.5) is 0 Å². The number of methoxy groups -OCH3 is 1. The third-order valence-corrected chi connectivity index (χ3v) is 3.76. The van der Waals surface area contributed by atoms with Crippen molar-refractivity contribution in [3.63, 3.8) is 0 Å². The molecule has 0 aliphatic rings. The van der Waals surface area contributed by atoms with Gasteiger partial charge in [0.05, 0.1) is 5.60 Å². The van der Waals surface area contributed by atoms with Crippen LogP contribution >= 0.6 is 15.9 Å². The van der Waals surface area contributed by atoms with Gasteiger partial charge in [-0.15, -0.1) is 0 Å². The van der Waals surface area contributed by atoms with E-state index in [4.69, 9.17) is 4.74 Å².